The Balaban J connectivity index is 2.69. The van der Waals surface area contributed by atoms with Gasteiger partial charge in [-0.15, -0.1) is 17.9 Å². The number of hydrogen-bond acceptors (Lipinski definition) is 3. The Hall–Kier alpha value is -1.09. The molecule has 1 aromatic rings. The summed E-state index contributed by atoms with van der Waals surface area (Å²) in [5, 5.41) is 6.02. The van der Waals surface area contributed by atoms with E-state index >= 15 is 0 Å². The minimum atomic E-state index is 0.887. The number of thiophene rings is 1. The smallest absolute Gasteiger partial charge is 0.106 e. The van der Waals surface area contributed by atoms with Crippen LogP contribution in [0.1, 0.15) is 17.7 Å². The molecule has 0 aliphatic carbocycles. The standard InChI is InChI=1S/C10H13NOS/c1-3-4-6-9(11-12-2)10-7-5-8-13-10/h3,5,7-8H,1,4,6H2,2H3. The highest BCUT2D eigenvalue weighted by Gasteiger charge is 2.03. The van der Waals surface area contributed by atoms with Crippen molar-refractivity contribution in [1.82, 2.24) is 0 Å². The monoisotopic (exact) mass is 195 g/mol. The van der Waals surface area contributed by atoms with Crippen molar-refractivity contribution in [2.24, 2.45) is 5.16 Å². The highest BCUT2D eigenvalue weighted by atomic mass is 32.1. The zero-order valence-electron chi connectivity index (χ0n) is 7.69. The Kier molecular flexibility index (Phi) is 4.26. The minimum absolute atomic E-state index is 0.887. The summed E-state index contributed by atoms with van der Waals surface area (Å²) in [7, 11) is 1.57. The van der Waals surface area contributed by atoms with Crippen LogP contribution in [0.15, 0.2) is 35.3 Å². The van der Waals surface area contributed by atoms with Gasteiger partial charge in [0.25, 0.3) is 0 Å². The second kappa shape index (κ2) is 5.54. The lowest BCUT2D eigenvalue weighted by atomic mass is 10.2. The molecule has 0 atom stereocenters. The molecule has 0 saturated heterocycles. The van der Waals surface area contributed by atoms with Crippen LogP contribution in [-0.4, -0.2) is 12.8 Å². The van der Waals surface area contributed by atoms with Gasteiger partial charge in [-0.25, -0.2) is 0 Å². The lowest BCUT2D eigenvalue weighted by molar-refractivity contribution is 0.213. The SMILES string of the molecule is C=CCCC(=NOC)c1cccs1. The fourth-order valence-corrected chi connectivity index (χ4v) is 1.74. The maximum atomic E-state index is 4.79. The number of rotatable bonds is 5. The van der Waals surface area contributed by atoms with Crippen molar-refractivity contribution in [3.63, 3.8) is 0 Å². The van der Waals surface area contributed by atoms with Crippen molar-refractivity contribution < 1.29 is 4.84 Å². The number of nitrogens with zero attached hydrogens (tertiary/aromatic N) is 1. The van der Waals surface area contributed by atoms with Gasteiger partial charge >= 0.3 is 0 Å². The van der Waals surface area contributed by atoms with Crippen molar-refractivity contribution in [2.75, 3.05) is 7.11 Å². The summed E-state index contributed by atoms with van der Waals surface area (Å²) in [4.78, 5) is 5.96. The summed E-state index contributed by atoms with van der Waals surface area (Å²) in [6, 6.07) is 4.06. The van der Waals surface area contributed by atoms with Gasteiger partial charge in [0, 0.05) is 0 Å². The Morgan fingerprint density at radius 3 is 3.15 bits per heavy atom. The molecular weight excluding hydrogens is 182 g/mol. The highest BCUT2D eigenvalue weighted by molar-refractivity contribution is 7.12. The first-order valence-electron chi connectivity index (χ1n) is 4.13. The summed E-state index contributed by atoms with van der Waals surface area (Å²) in [6.07, 6.45) is 3.71. The van der Waals surface area contributed by atoms with Crippen LogP contribution < -0.4 is 0 Å². The number of hydrogen-bond donors (Lipinski definition) is 0. The third-order valence-electron chi connectivity index (χ3n) is 1.59. The summed E-state index contributed by atoms with van der Waals surface area (Å²) >= 11 is 1.68. The molecule has 1 heterocycles. The lowest BCUT2D eigenvalue weighted by Crippen LogP contribution is -1.98. The van der Waals surface area contributed by atoms with Crippen molar-refractivity contribution in [3.05, 3.63) is 35.0 Å². The molecule has 0 aromatic carbocycles. The van der Waals surface area contributed by atoms with Gasteiger partial charge in [0.1, 0.15) is 7.11 Å². The first-order chi connectivity index (χ1) is 6.38. The van der Waals surface area contributed by atoms with E-state index in [4.69, 9.17) is 4.84 Å². The number of allylic oxidation sites excluding steroid dienone is 1. The van der Waals surface area contributed by atoms with Crippen LogP contribution in [0, 0.1) is 0 Å². The van der Waals surface area contributed by atoms with Crippen LogP contribution in [-0.2, 0) is 4.84 Å². The molecule has 0 unspecified atom stereocenters. The van der Waals surface area contributed by atoms with Crippen LogP contribution in [0.4, 0.5) is 0 Å². The fraction of sp³-hybridized carbons (Fsp3) is 0.300. The summed E-state index contributed by atoms with van der Waals surface area (Å²) < 4.78 is 0. The fourth-order valence-electron chi connectivity index (χ4n) is 1.01. The van der Waals surface area contributed by atoms with Crippen molar-refractivity contribution >= 4 is 17.0 Å². The molecule has 1 aromatic heterocycles. The molecule has 0 radical (unpaired) electrons. The largest absolute Gasteiger partial charge is 0.399 e. The molecule has 1 rings (SSSR count). The topological polar surface area (TPSA) is 21.6 Å². The Bertz CT molecular complexity index is 277. The predicted octanol–water partition coefficient (Wildman–Crippen LogP) is 3.06. The Labute approximate surface area is 82.5 Å². The minimum Gasteiger partial charge on any atom is -0.399 e. The molecule has 0 saturated carbocycles. The average molecular weight is 195 g/mol. The van der Waals surface area contributed by atoms with Crippen LogP contribution >= 0.6 is 11.3 Å². The summed E-state index contributed by atoms with van der Waals surface area (Å²) in [5.41, 5.74) is 0.998. The normalized spacial score (nSPS) is 11.3. The molecule has 2 nitrogen and oxygen atoms in total. The molecule has 70 valence electrons. The highest BCUT2D eigenvalue weighted by Crippen LogP contribution is 2.13. The zero-order valence-corrected chi connectivity index (χ0v) is 8.51. The van der Waals surface area contributed by atoms with Crippen LogP contribution in [0.25, 0.3) is 0 Å². The molecule has 3 heteroatoms. The molecule has 0 N–H and O–H groups in total. The van der Waals surface area contributed by atoms with E-state index in [1.54, 1.807) is 18.4 Å². The van der Waals surface area contributed by atoms with Crippen LogP contribution in [0.3, 0.4) is 0 Å². The average Bonchev–Trinajstić information content (AvgIpc) is 2.65. The van der Waals surface area contributed by atoms with E-state index in [0.29, 0.717) is 0 Å². The number of oxime groups is 1. The zero-order chi connectivity index (χ0) is 9.52. The van der Waals surface area contributed by atoms with Gasteiger partial charge in [-0.2, -0.15) is 0 Å². The van der Waals surface area contributed by atoms with Crippen molar-refractivity contribution in [2.45, 2.75) is 12.8 Å². The van der Waals surface area contributed by atoms with Gasteiger partial charge < -0.3 is 4.84 Å². The quantitative estimate of drug-likeness (QED) is 0.402. The molecular formula is C10H13NOS. The van der Waals surface area contributed by atoms with Crippen molar-refractivity contribution in [1.29, 1.82) is 0 Å². The molecule has 0 bridgehead atoms. The molecule has 0 spiro atoms. The van der Waals surface area contributed by atoms with Gasteiger partial charge in [-0.3, -0.25) is 0 Å². The maximum Gasteiger partial charge on any atom is 0.106 e. The molecule has 13 heavy (non-hydrogen) atoms. The van der Waals surface area contributed by atoms with Crippen LogP contribution in [0.2, 0.25) is 0 Å². The van der Waals surface area contributed by atoms with Gasteiger partial charge in [-0.05, 0) is 24.3 Å². The predicted molar refractivity (Wildman–Crippen MR) is 57.3 cm³/mol. The second-order valence-corrected chi connectivity index (χ2v) is 3.47. The second-order valence-electron chi connectivity index (χ2n) is 2.53. The van der Waals surface area contributed by atoms with E-state index in [1.165, 1.54) is 4.88 Å². The molecule has 0 amide bonds. The molecule has 0 aliphatic rings. The first-order valence-corrected chi connectivity index (χ1v) is 5.01. The summed E-state index contributed by atoms with van der Waals surface area (Å²) in [5.74, 6) is 0. The van der Waals surface area contributed by atoms with Crippen LogP contribution in [0.5, 0.6) is 0 Å². The van der Waals surface area contributed by atoms with E-state index in [-0.39, 0.29) is 0 Å². The van der Waals surface area contributed by atoms with E-state index in [9.17, 15) is 0 Å². The Morgan fingerprint density at radius 1 is 1.77 bits per heavy atom. The summed E-state index contributed by atoms with van der Waals surface area (Å²) in [6.45, 7) is 3.68. The third kappa shape index (κ3) is 3.03. The van der Waals surface area contributed by atoms with Gasteiger partial charge in [0.2, 0.25) is 0 Å². The molecule has 0 fully saturated rings. The molecule has 0 aliphatic heterocycles. The van der Waals surface area contributed by atoms with Gasteiger partial charge in [-0.1, -0.05) is 17.3 Å². The third-order valence-corrected chi connectivity index (χ3v) is 2.51. The van der Waals surface area contributed by atoms with E-state index < -0.39 is 0 Å². The maximum absolute atomic E-state index is 4.79. The van der Waals surface area contributed by atoms with Gasteiger partial charge in [0.15, 0.2) is 0 Å². The van der Waals surface area contributed by atoms with E-state index in [1.807, 2.05) is 23.6 Å². The van der Waals surface area contributed by atoms with E-state index in [0.717, 1.165) is 18.6 Å². The first kappa shape index (κ1) is 9.99. The van der Waals surface area contributed by atoms with Gasteiger partial charge in [0.05, 0.1) is 10.6 Å². The Morgan fingerprint density at radius 2 is 2.62 bits per heavy atom. The van der Waals surface area contributed by atoms with Crippen molar-refractivity contribution in [3.8, 4) is 0 Å². The van der Waals surface area contributed by atoms with E-state index in [2.05, 4.69) is 11.7 Å². The lowest BCUT2D eigenvalue weighted by Gasteiger charge is -1.99.